The summed E-state index contributed by atoms with van der Waals surface area (Å²) in [6, 6.07) is 5.29. The Bertz CT molecular complexity index is 517. The van der Waals surface area contributed by atoms with Crippen LogP contribution in [0.4, 0.5) is 5.69 Å². The van der Waals surface area contributed by atoms with Crippen molar-refractivity contribution in [2.45, 2.75) is 17.9 Å². The second-order valence-electron chi connectivity index (χ2n) is 3.51. The molecule has 0 bridgehead atoms. The molecular formula is C10H16ClN3O3S. The lowest BCUT2D eigenvalue weighted by molar-refractivity contribution is -0.117. The summed E-state index contributed by atoms with van der Waals surface area (Å²) < 4.78 is 25.2. The van der Waals surface area contributed by atoms with E-state index in [1.54, 1.807) is 19.1 Å². The minimum Gasteiger partial charge on any atom is -0.325 e. The van der Waals surface area contributed by atoms with Crippen molar-refractivity contribution in [3.05, 3.63) is 24.3 Å². The van der Waals surface area contributed by atoms with Crippen molar-refractivity contribution in [3.63, 3.8) is 0 Å². The molecule has 0 radical (unpaired) electrons. The number of hydrogen-bond donors (Lipinski definition) is 3. The summed E-state index contributed by atoms with van der Waals surface area (Å²) in [5, 5.41) is 2.52. The summed E-state index contributed by atoms with van der Waals surface area (Å²) in [6.45, 7) is 1.55. The van der Waals surface area contributed by atoms with E-state index in [1.807, 2.05) is 0 Å². The van der Waals surface area contributed by atoms with Gasteiger partial charge >= 0.3 is 0 Å². The lowest BCUT2D eigenvalue weighted by Crippen LogP contribution is -2.32. The standard InChI is InChI=1S/C10H15N3O3S.ClH/c1-7(11)10(14)13-8-4-3-5-9(6-8)17(15,16)12-2;/h3-7,12H,11H2,1-2H3,(H,13,14);1H/t7-;/m0./s1. The first-order valence-electron chi connectivity index (χ1n) is 4.97. The van der Waals surface area contributed by atoms with Gasteiger partial charge < -0.3 is 11.1 Å². The number of sulfonamides is 1. The topological polar surface area (TPSA) is 101 Å². The number of carbonyl (C=O) groups is 1. The quantitative estimate of drug-likeness (QED) is 0.743. The van der Waals surface area contributed by atoms with Crippen LogP contribution in [-0.4, -0.2) is 27.4 Å². The Kier molecular flexibility index (Phi) is 6.27. The van der Waals surface area contributed by atoms with Gasteiger partial charge in [-0.25, -0.2) is 13.1 Å². The van der Waals surface area contributed by atoms with Crippen LogP contribution in [0.3, 0.4) is 0 Å². The molecule has 0 saturated heterocycles. The largest absolute Gasteiger partial charge is 0.325 e. The Balaban J connectivity index is 0.00000289. The van der Waals surface area contributed by atoms with Crippen LogP contribution in [-0.2, 0) is 14.8 Å². The zero-order valence-electron chi connectivity index (χ0n) is 10.0. The molecule has 4 N–H and O–H groups in total. The fraction of sp³-hybridized carbons (Fsp3) is 0.300. The number of benzene rings is 1. The van der Waals surface area contributed by atoms with Crippen LogP contribution >= 0.6 is 12.4 Å². The molecule has 1 rings (SSSR count). The molecule has 1 atom stereocenters. The second kappa shape index (κ2) is 6.69. The lowest BCUT2D eigenvalue weighted by Gasteiger charge is -2.09. The minimum absolute atomic E-state index is 0. The predicted octanol–water partition coefficient (Wildman–Crippen LogP) is 0.302. The van der Waals surface area contributed by atoms with Crippen LogP contribution in [0.2, 0.25) is 0 Å². The lowest BCUT2D eigenvalue weighted by atomic mass is 10.3. The van der Waals surface area contributed by atoms with E-state index >= 15 is 0 Å². The average molecular weight is 294 g/mol. The molecular weight excluding hydrogens is 278 g/mol. The van der Waals surface area contributed by atoms with Gasteiger partial charge in [0.15, 0.2) is 0 Å². The maximum absolute atomic E-state index is 11.5. The van der Waals surface area contributed by atoms with Crippen molar-refractivity contribution in [2.75, 3.05) is 12.4 Å². The fourth-order valence-corrected chi connectivity index (χ4v) is 1.89. The average Bonchev–Trinajstić information content (AvgIpc) is 2.29. The van der Waals surface area contributed by atoms with Crippen molar-refractivity contribution < 1.29 is 13.2 Å². The van der Waals surface area contributed by atoms with Crippen molar-refractivity contribution in [2.24, 2.45) is 5.73 Å². The molecule has 1 aromatic rings. The summed E-state index contributed by atoms with van der Waals surface area (Å²) in [7, 11) is -2.19. The van der Waals surface area contributed by atoms with Gasteiger partial charge in [0.1, 0.15) is 0 Å². The maximum atomic E-state index is 11.5. The highest BCUT2D eigenvalue weighted by Gasteiger charge is 2.13. The third-order valence-corrected chi connectivity index (χ3v) is 3.51. The van der Waals surface area contributed by atoms with E-state index in [0.717, 1.165) is 0 Å². The Morgan fingerprint density at radius 2 is 2.00 bits per heavy atom. The number of anilines is 1. The van der Waals surface area contributed by atoms with Crippen LogP contribution in [0.1, 0.15) is 6.92 Å². The van der Waals surface area contributed by atoms with Crippen LogP contribution in [0.25, 0.3) is 0 Å². The molecule has 8 heteroatoms. The zero-order valence-corrected chi connectivity index (χ0v) is 11.6. The van der Waals surface area contributed by atoms with Crippen molar-refractivity contribution in [1.82, 2.24) is 4.72 Å². The van der Waals surface area contributed by atoms with Crippen molar-refractivity contribution in [3.8, 4) is 0 Å². The van der Waals surface area contributed by atoms with E-state index in [-0.39, 0.29) is 23.2 Å². The highest BCUT2D eigenvalue weighted by atomic mass is 35.5. The molecule has 102 valence electrons. The fourth-order valence-electron chi connectivity index (χ4n) is 1.11. The first kappa shape index (κ1) is 16.9. The number of nitrogens with two attached hydrogens (primary N) is 1. The first-order valence-corrected chi connectivity index (χ1v) is 6.45. The highest BCUT2D eigenvalue weighted by molar-refractivity contribution is 7.89. The first-order chi connectivity index (χ1) is 7.86. The summed E-state index contributed by atoms with van der Waals surface area (Å²) in [5.41, 5.74) is 5.78. The number of amides is 1. The number of hydrogen-bond acceptors (Lipinski definition) is 4. The molecule has 0 aromatic heterocycles. The SMILES string of the molecule is CNS(=O)(=O)c1cccc(NC(=O)[C@H](C)N)c1.Cl. The molecule has 0 unspecified atom stereocenters. The van der Waals surface area contributed by atoms with Gasteiger partial charge in [-0.05, 0) is 32.2 Å². The molecule has 0 heterocycles. The molecule has 0 aliphatic heterocycles. The van der Waals surface area contributed by atoms with Gasteiger partial charge in [0, 0.05) is 5.69 Å². The van der Waals surface area contributed by atoms with Gasteiger partial charge in [-0.2, -0.15) is 0 Å². The molecule has 1 amide bonds. The van der Waals surface area contributed by atoms with Gasteiger partial charge in [0.25, 0.3) is 0 Å². The molecule has 18 heavy (non-hydrogen) atoms. The molecule has 0 aliphatic rings. The number of rotatable bonds is 4. The van der Waals surface area contributed by atoms with Gasteiger partial charge in [-0.1, -0.05) is 6.07 Å². The maximum Gasteiger partial charge on any atom is 0.240 e. The molecule has 6 nitrogen and oxygen atoms in total. The van der Waals surface area contributed by atoms with E-state index in [2.05, 4.69) is 10.0 Å². The monoisotopic (exact) mass is 293 g/mol. The minimum atomic E-state index is -3.51. The van der Waals surface area contributed by atoms with Gasteiger partial charge in [0.2, 0.25) is 15.9 Å². The summed E-state index contributed by atoms with van der Waals surface area (Å²) in [6.07, 6.45) is 0. The van der Waals surface area contributed by atoms with Crippen LogP contribution < -0.4 is 15.8 Å². The number of carbonyl (C=O) groups excluding carboxylic acids is 1. The summed E-state index contributed by atoms with van der Waals surface area (Å²) in [5.74, 6) is -0.371. The van der Waals surface area contributed by atoms with E-state index in [0.29, 0.717) is 5.69 Å². The van der Waals surface area contributed by atoms with Gasteiger partial charge in [0.05, 0.1) is 10.9 Å². The van der Waals surface area contributed by atoms with Crippen LogP contribution in [0.15, 0.2) is 29.2 Å². The molecule has 0 saturated carbocycles. The third kappa shape index (κ3) is 4.26. The Morgan fingerprint density at radius 3 is 2.50 bits per heavy atom. The van der Waals surface area contributed by atoms with Crippen molar-refractivity contribution in [1.29, 1.82) is 0 Å². The summed E-state index contributed by atoms with van der Waals surface area (Å²) in [4.78, 5) is 11.4. The van der Waals surface area contributed by atoms with Crippen molar-refractivity contribution >= 4 is 34.0 Å². The van der Waals surface area contributed by atoms with Crippen LogP contribution in [0, 0.1) is 0 Å². The highest BCUT2D eigenvalue weighted by Crippen LogP contribution is 2.15. The molecule has 1 aromatic carbocycles. The smallest absolute Gasteiger partial charge is 0.240 e. The second-order valence-corrected chi connectivity index (χ2v) is 5.40. The van der Waals surface area contributed by atoms with E-state index < -0.39 is 16.1 Å². The van der Waals surface area contributed by atoms with E-state index in [4.69, 9.17) is 5.73 Å². The van der Waals surface area contributed by atoms with Crippen LogP contribution in [0.5, 0.6) is 0 Å². The number of nitrogens with one attached hydrogen (secondary N) is 2. The normalized spacial score (nSPS) is 12.4. The predicted molar refractivity (Wildman–Crippen MR) is 72.2 cm³/mol. The third-order valence-electron chi connectivity index (χ3n) is 2.09. The molecule has 0 spiro atoms. The van der Waals surface area contributed by atoms with Gasteiger partial charge in [-0.15, -0.1) is 12.4 Å². The Morgan fingerprint density at radius 1 is 1.39 bits per heavy atom. The molecule has 0 fully saturated rings. The Labute approximate surface area is 112 Å². The Hall–Kier alpha value is -1.15. The number of halogens is 1. The molecule has 0 aliphatic carbocycles. The zero-order chi connectivity index (χ0) is 13.1. The van der Waals surface area contributed by atoms with Gasteiger partial charge in [-0.3, -0.25) is 4.79 Å². The van der Waals surface area contributed by atoms with E-state index in [1.165, 1.54) is 19.2 Å². The summed E-state index contributed by atoms with van der Waals surface area (Å²) >= 11 is 0. The van der Waals surface area contributed by atoms with E-state index in [9.17, 15) is 13.2 Å².